The van der Waals surface area contributed by atoms with Crippen molar-refractivity contribution in [2.24, 2.45) is 21.7 Å². The Hall–Kier alpha value is -0.240. The lowest BCUT2D eigenvalue weighted by molar-refractivity contribution is -0.178. The highest BCUT2D eigenvalue weighted by Gasteiger charge is 2.39. The summed E-state index contributed by atoms with van der Waals surface area (Å²) in [5, 5.41) is 0. The van der Waals surface area contributed by atoms with E-state index in [1.54, 1.807) is 0 Å². The van der Waals surface area contributed by atoms with Gasteiger partial charge in [0.1, 0.15) is 0 Å². The normalized spacial score (nSPS) is 25.3. The van der Waals surface area contributed by atoms with Crippen LogP contribution in [0.2, 0.25) is 0 Å². The molecule has 6 nitrogen and oxygen atoms in total. The van der Waals surface area contributed by atoms with Gasteiger partial charge in [-0.3, -0.25) is 0 Å². The molecule has 0 radical (unpaired) electrons. The highest BCUT2D eigenvalue weighted by Crippen LogP contribution is 2.33. The fourth-order valence-electron chi connectivity index (χ4n) is 3.57. The highest BCUT2D eigenvalue weighted by molar-refractivity contribution is 4.85. The molecule has 0 aliphatic carbocycles. The van der Waals surface area contributed by atoms with Crippen molar-refractivity contribution >= 4 is 0 Å². The SMILES string of the molecule is CCC(COCC1(C)COC1)(COCC1(C)COC1)COCC1(C)COC1. The Labute approximate surface area is 164 Å². The second-order valence-electron chi connectivity index (χ2n) is 10.2. The van der Waals surface area contributed by atoms with Gasteiger partial charge in [-0.05, 0) is 6.42 Å². The van der Waals surface area contributed by atoms with Crippen LogP contribution in [0, 0.1) is 21.7 Å². The van der Waals surface area contributed by atoms with E-state index in [2.05, 4.69) is 27.7 Å². The van der Waals surface area contributed by atoms with Gasteiger partial charge in [0.05, 0.1) is 79.3 Å². The summed E-state index contributed by atoms with van der Waals surface area (Å²) in [6, 6.07) is 0. The molecule has 3 heterocycles. The van der Waals surface area contributed by atoms with Crippen molar-refractivity contribution in [1.29, 1.82) is 0 Å². The number of hydrogen-bond donors (Lipinski definition) is 0. The molecule has 158 valence electrons. The molecule has 0 spiro atoms. The van der Waals surface area contributed by atoms with E-state index >= 15 is 0 Å². The van der Waals surface area contributed by atoms with Crippen LogP contribution >= 0.6 is 0 Å². The summed E-state index contributed by atoms with van der Waals surface area (Å²) in [7, 11) is 0. The van der Waals surface area contributed by atoms with E-state index in [9.17, 15) is 0 Å². The molecule has 6 heteroatoms. The fourth-order valence-corrected chi connectivity index (χ4v) is 3.57. The van der Waals surface area contributed by atoms with Crippen LogP contribution in [0.3, 0.4) is 0 Å². The van der Waals surface area contributed by atoms with E-state index in [0.717, 1.165) is 65.9 Å². The van der Waals surface area contributed by atoms with Crippen LogP contribution in [0.4, 0.5) is 0 Å². The van der Waals surface area contributed by atoms with Gasteiger partial charge in [-0.15, -0.1) is 0 Å². The molecule has 0 bridgehead atoms. The maximum absolute atomic E-state index is 6.15. The standard InChI is InChI=1S/C21H38O6/c1-5-21(15-25-12-18(2)6-22-7-18,16-26-13-19(3)8-23-9-19)17-27-14-20(4)10-24-11-20/h5-17H2,1-4H3. The Balaban J connectivity index is 1.49. The van der Waals surface area contributed by atoms with Crippen LogP contribution in [0.5, 0.6) is 0 Å². The minimum Gasteiger partial charge on any atom is -0.380 e. The van der Waals surface area contributed by atoms with Gasteiger partial charge in [0.2, 0.25) is 0 Å². The van der Waals surface area contributed by atoms with E-state index in [1.807, 2.05) is 0 Å². The van der Waals surface area contributed by atoms with Gasteiger partial charge < -0.3 is 28.4 Å². The first kappa shape index (κ1) is 21.5. The zero-order chi connectivity index (χ0) is 19.4. The molecule has 0 aromatic rings. The molecule has 3 rings (SSSR count). The lowest BCUT2D eigenvalue weighted by atomic mass is 9.86. The molecule has 3 saturated heterocycles. The Morgan fingerprint density at radius 3 is 1.11 bits per heavy atom. The van der Waals surface area contributed by atoms with E-state index in [0.29, 0.717) is 19.8 Å². The predicted octanol–water partition coefficient (Wildman–Crippen LogP) is 2.54. The lowest BCUT2D eigenvalue weighted by Gasteiger charge is -2.42. The minimum absolute atomic E-state index is 0.122. The second-order valence-corrected chi connectivity index (χ2v) is 10.2. The summed E-state index contributed by atoms with van der Waals surface area (Å²) in [5.41, 5.74) is 0.362. The number of ether oxygens (including phenoxy) is 6. The summed E-state index contributed by atoms with van der Waals surface area (Å²) in [4.78, 5) is 0. The van der Waals surface area contributed by atoms with Crippen molar-refractivity contribution < 1.29 is 28.4 Å². The second kappa shape index (κ2) is 8.64. The van der Waals surface area contributed by atoms with Crippen molar-refractivity contribution in [1.82, 2.24) is 0 Å². The lowest BCUT2D eigenvalue weighted by Crippen LogP contribution is -2.48. The molecule has 27 heavy (non-hydrogen) atoms. The van der Waals surface area contributed by atoms with Gasteiger partial charge in [-0.1, -0.05) is 27.7 Å². The predicted molar refractivity (Wildman–Crippen MR) is 102 cm³/mol. The molecule has 3 aliphatic heterocycles. The first-order chi connectivity index (χ1) is 12.8. The van der Waals surface area contributed by atoms with Crippen molar-refractivity contribution in [3.05, 3.63) is 0 Å². The molecule has 0 atom stereocenters. The van der Waals surface area contributed by atoms with Crippen LogP contribution in [0.25, 0.3) is 0 Å². The third-order valence-corrected chi connectivity index (χ3v) is 6.03. The maximum atomic E-state index is 6.15. The summed E-state index contributed by atoms with van der Waals surface area (Å²) in [5.74, 6) is 0. The van der Waals surface area contributed by atoms with Gasteiger partial charge >= 0.3 is 0 Å². The van der Waals surface area contributed by atoms with Crippen LogP contribution in [0.1, 0.15) is 34.1 Å². The summed E-state index contributed by atoms with van der Waals surface area (Å²) in [6.45, 7) is 17.7. The third kappa shape index (κ3) is 5.64. The van der Waals surface area contributed by atoms with Gasteiger partial charge in [0.25, 0.3) is 0 Å². The molecule has 0 aromatic carbocycles. The molecular weight excluding hydrogens is 348 g/mol. The zero-order valence-electron chi connectivity index (χ0n) is 17.6. The van der Waals surface area contributed by atoms with E-state index in [4.69, 9.17) is 28.4 Å². The van der Waals surface area contributed by atoms with E-state index < -0.39 is 0 Å². The van der Waals surface area contributed by atoms with Gasteiger partial charge in [0, 0.05) is 21.7 Å². The van der Waals surface area contributed by atoms with Crippen LogP contribution < -0.4 is 0 Å². The number of rotatable bonds is 13. The summed E-state index contributed by atoms with van der Waals surface area (Å²) >= 11 is 0. The van der Waals surface area contributed by atoms with E-state index in [-0.39, 0.29) is 21.7 Å². The highest BCUT2D eigenvalue weighted by atomic mass is 16.5. The largest absolute Gasteiger partial charge is 0.380 e. The Morgan fingerprint density at radius 1 is 0.630 bits per heavy atom. The molecule has 0 N–H and O–H groups in total. The first-order valence-electron chi connectivity index (χ1n) is 10.3. The maximum Gasteiger partial charge on any atom is 0.0566 e. The average molecular weight is 387 g/mol. The van der Waals surface area contributed by atoms with Gasteiger partial charge in [-0.25, -0.2) is 0 Å². The molecule has 0 amide bonds. The molecule has 0 saturated carbocycles. The van der Waals surface area contributed by atoms with Crippen molar-refractivity contribution in [2.75, 3.05) is 79.3 Å². The van der Waals surface area contributed by atoms with Crippen molar-refractivity contribution in [3.63, 3.8) is 0 Å². The van der Waals surface area contributed by atoms with Crippen molar-refractivity contribution in [2.45, 2.75) is 34.1 Å². The van der Waals surface area contributed by atoms with Crippen LogP contribution in [-0.4, -0.2) is 79.3 Å². The Bertz CT molecular complexity index is 403. The molecule has 3 fully saturated rings. The van der Waals surface area contributed by atoms with E-state index in [1.165, 1.54) is 0 Å². The third-order valence-electron chi connectivity index (χ3n) is 6.03. The Kier molecular flexibility index (Phi) is 6.87. The van der Waals surface area contributed by atoms with Crippen LogP contribution in [0.15, 0.2) is 0 Å². The molecular formula is C21H38O6. The summed E-state index contributed by atoms with van der Waals surface area (Å²) in [6.07, 6.45) is 0.959. The topological polar surface area (TPSA) is 55.4 Å². The zero-order valence-corrected chi connectivity index (χ0v) is 17.6. The molecule has 0 unspecified atom stereocenters. The Morgan fingerprint density at radius 2 is 0.926 bits per heavy atom. The first-order valence-corrected chi connectivity index (χ1v) is 10.3. The number of hydrogen-bond acceptors (Lipinski definition) is 6. The van der Waals surface area contributed by atoms with Crippen molar-refractivity contribution in [3.8, 4) is 0 Å². The molecule has 0 aromatic heterocycles. The molecule has 3 aliphatic rings. The van der Waals surface area contributed by atoms with Gasteiger partial charge in [0.15, 0.2) is 0 Å². The minimum atomic E-state index is -0.122. The van der Waals surface area contributed by atoms with Crippen LogP contribution in [-0.2, 0) is 28.4 Å². The quantitative estimate of drug-likeness (QED) is 0.485. The average Bonchev–Trinajstić information content (AvgIpc) is 2.56. The fraction of sp³-hybridized carbons (Fsp3) is 1.00. The van der Waals surface area contributed by atoms with Gasteiger partial charge in [-0.2, -0.15) is 0 Å². The smallest absolute Gasteiger partial charge is 0.0566 e. The monoisotopic (exact) mass is 386 g/mol. The summed E-state index contributed by atoms with van der Waals surface area (Å²) < 4.78 is 34.5.